The maximum atomic E-state index is 13.3. The predicted molar refractivity (Wildman–Crippen MR) is 125 cm³/mol. The van der Waals surface area contributed by atoms with Gasteiger partial charge in [0.25, 0.3) is 5.91 Å². The fourth-order valence-corrected chi connectivity index (χ4v) is 4.87. The Kier molecular flexibility index (Phi) is 6.03. The van der Waals surface area contributed by atoms with Crippen molar-refractivity contribution in [2.24, 2.45) is 0 Å². The second-order valence-electron chi connectivity index (χ2n) is 8.93. The van der Waals surface area contributed by atoms with E-state index in [1.165, 1.54) is 17.7 Å². The average Bonchev–Trinajstić information content (AvgIpc) is 2.86. The normalized spacial score (nSPS) is 16.5. The Hall–Kier alpha value is -3.35. The lowest BCUT2D eigenvalue weighted by molar-refractivity contribution is 0.0710. The number of rotatable bonds is 4. The van der Waals surface area contributed by atoms with Gasteiger partial charge in [-0.15, -0.1) is 0 Å². The van der Waals surface area contributed by atoms with Gasteiger partial charge >= 0.3 is 0 Å². The molecule has 2 aromatic heterocycles. The van der Waals surface area contributed by atoms with Crippen molar-refractivity contribution in [3.63, 3.8) is 0 Å². The Morgan fingerprint density at radius 2 is 1.88 bits per heavy atom. The van der Waals surface area contributed by atoms with E-state index in [-0.39, 0.29) is 17.6 Å². The van der Waals surface area contributed by atoms with Gasteiger partial charge in [0.15, 0.2) is 0 Å². The number of nitrogens with zero attached hydrogens (tertiary/aromatic N) is 5. The predicted octanol–water partition coefficient (Wildman–Crippen LogP) is 4.29. The molecule has 2 aliphatic rings. The maximum absolute atomic E-state index is 13.3. The summed E-state index contributed by atoms with van der Waals surface area (Å²) in [4.78, 5) is 31.0. The van der Waals surface area contributed by atoms with Crippen molar-refractivity contribution < 1.29 is 9.18 Å². The number of aryl methyl sites for hydroxylation is 1. The Balaban J connectivity index is 1.32. The fraction of sp³-hybridized carbons (Fsp3) is 0.385. The highest BCUT2D eigenvalue weighted by molar-refractivity contribution is 5.93. The van der Waals surface area contributed by atoms with Crippen LogP contribution in [0.1, 0.15) is 58.2 Å². The molecular weight excluding hydrogens is 417 g/mol. The molecule has 0 saturated carbocycles. The Morgan fingerprint density at radius 3 is 2.61 bits per heavy atom. The second kappa shape index (κ2) is 9.25. The van der Waals surface area contributed by atoms with E-state index < -0.39 is 0 Å². The summed E-state index contributed by atoms with van der Waals surface area (Å²) in [5, 5.41) is 0. The van der Waals surface area contributed by atoms with Crippen molar-refractivity contribution in [3.05, 3.63) is 82.8 Å². The third-order valence-corrected chi connectivity index (χ3v) is 6.71. The van der Waals surface area contributed by atoms with Crippen LogP contribution in [0, 0.1) is 12.7 Å². The topological polar surface area (TPSA) is 62.2 Å². The lowest BCUT2D eigenvalue weighted by Crippen LogP contribution is -2.38. The first kappa shape index (κ1) is 21.5. The summed E-state index contributed by atoms with van der Waals surface area (Å²) in [6.45, 7) is 5.10. The van der Waals surface area contributed by atoms with E-state index in [4.69, 9.17) is 9.97 Å². The van der Waals surface area contributed by atoms with Gasteiger partial charge in [-0.1, -0.05) is 12.1 Å². The van der Waals surface area contributed by atoms with Crippen molar-refractivity contribution in [1.82, 2.24) is 19.9 Å². The molecule has 0 aliphatic carbocycles. The van der Waals surface area contributed by atoms with Gasteiger partial charge < -0.3 is 9.80 Å². The van der Waals surface area contributed by atoms with E-state index in [2.05, 4.69) is 16.8 Å². The fourth-order valence-electron chi connectivity index (χ4n) is 4.87. The number of amides is 1. The van der Waals surface area contributed by atoms with E-state index in [0.717, 1.165) is 55.1 Å². The third kappa shape index (κ3) is 4.58. The highest BCUT2D eigenvalue weighted by atomic mass is 19.1. The zero-order valence-electron chi connectivity index (χ0n) is 18.9. The lowest BCUT2D eigenvalue weighted by atomic mass is 9.94. The number of hydrogen-bond acceptors (Lipinski definition) is 5. The quantitative estimate of drug-likeness (QED) is 0.600. The highest BCUT2D eigenvalue weighted by Crippen LogP contribution is 2.33. The number of piperidine rings is 1. The molecule has 6 nitrogen and oxygen atoms in total. The van der Waals surface area contributed by atoms with Crippen LogP contribution in [0.5, 0.6) is 0 Å². The molecule has 4 heterocycles. The van der Waals surface area contributed by atoms with E-state index in [1.807, 2.05) is 23.1 Å². The summed E-state index contributed by atoms with van der Waals surface area (Å²) >= 11 is 0. The largest absolute Gasteiger partial charge is 0.352 e. The van der Waals surface area contributed by atoms with Gasteiger partial charge in [0.05, 0.1) is 5.56 Å². The monoisotopic (exact) mass is 445 g/mol. The number of carbonyl (C=O) groups excluding carboxylic acids is 1. The number of anilines is 1. The standard InChI is InChI=1S/C26H28FN5O/c1-18-23-5-3-13-32(17-19-6-8-22(27)9-7-19)25(23)30-24(29-18)20-10-14-31(15-11-20)26(33)21-4-2-12-28-16-21/h2,4,6-9,12,16,20H,3,5,10-11,13-15,17H2,1H3. The minimum Gasteiger partial charge on any atom is -0.352 e. The number of benzene rings is 1. The lowest BCUT2D eigenvalue weighted by Gasteiger charge is -2.34. The number of pyridine rings is 1. The molecule has 0 unspecified atom stereocenters. The highest BCUT2D eigenvalue weighted by Gasteiger charge is 2.29. The van der Waals surface area contributed by atoms with Crippen LogP contribution in [-0.2, 0) is 13.0 Å². The van der Waals surface area contributed by atoms with Crippen LogP contribution in [-0.4, -0.2) is 45.4 Å². The van der Waals surface area contributed by atoms with Crippen LogP contribution in [0.25, 0.3) is 0 Å². The summed E-state index contributed by atoms with van der Waals surface area (Å²) in [5.41, 5.74) is 3.97. The number of fused-ring (bicyclic) bond motifs is 1. The molecule has 33 heavy (non-hydrogen) atoms. The van der Waals surface area contributed by atoms with E-state index in [1.54, 1.807) is 18.5 Å². The summed E-state index contributed by atoms with van der Waals surface area (Å²) in [7, 11) is 0. The van der Waals surface area contributed by atoms with Gasteiger partial charge in [-0.2, -0.15) is 0 Å². The first-order valence-corrected chi connectivity index (χ1v) is 11.6. The van der Waals surface area contributed by atoms with Crippen molar-refractivity contribution in [2.45, 2.75) is 45.1 Å². The molecule has 3 aromatic rings. The number of hydrogen-bond donors (Lipinski definition) is 0. The van der Waals surface area contributed by atoms with E-state index in [9.17, 15) is 9.18 Å². The summed E-state index contributed by atoms with van der Waals surface area (Å²) in [6.07, 6.45) is 7.05. The van der Waals surface area contributed by atoms with Crippen molar-refractivity contribution in [2.75, 3.05) is 24.5 Å². The van der Waals surface area contributed by atoms with Crippen LogP contribution < -0.4 is 4.90 Å². The smallest absolute Gasteiger partial charge is 0.255 e. The van der Waals surface area contributed by atoms with Crippen LogP contribution in [0.15, 0.2) is 48.8 Å². The Morgan fingerprint density at radius 1 is 1.09 bits per heavy atom. The molecule has 0 bridgehead atoms. The zero-order valence-corrected chi connectivity index (χ0v) is 18.9. The molecule has 5 rings (SSSR count). The number of halogens is 1. The molecular formula is C26H28FN5O. The van der Waals surface area contributed by atoms with Crippen LogP contribution in [0.4, 0.5) is 10.2 Å². The molecule has 0 atom stereocenters. The number of carbonyl (C=O) groups is 1. The van der Waals surface area contributed by atoms with Gasteiger partial charge in [0.2, 0.25) is 0 Å². The zero-order chi connectivity index (χ0) is 22.8. The van der Waals surface area contributed by atoms with Gasteiger partial charge in [-0.05, 0) is 62.4 Å². The molecule has 1 saturated heterocycles. The SMILES string of the molecule is Cc1nc(C2CCN(C(=O)c3cccnc3)CC2)nc2c1CCCN2Cc1ccc(F)cc1. The molecule has 2 aliphatic heterocycles. The third-order valence-electron chi connectivity index (χ3n) is 6.71. The van der Waals surface area contributed by atoms with Gasteiger partial charge in [0.1, 0.15) is 17.5 Å². The van der Waals surface area contributed by atoms with Crippen LogP contribution >= 0.6 is 0 Å². The molecule has 1 aromatic carbocycles. The molecule has 1 fully saturated rings. The van der Waals surface area contributed by atoms with Gasteiger partial charge in [-0.25, -0.2) is 14.4 Å². The van der Waals surface area contributed by atoms with E-state index >= 15 is 0 Å². The molecule has 0 N–H and O–H groups in total. The maximum Gasteiger partial charge on any atom is 0.255 e. The minimum atomic E-state index is -0.216. The summed E-state index contributed by atoms with van der Waals surface area (Å²) in [5.74, 6) is 1.95. The minimum absolute atomic E-state index is 0.0366. The Bertz CT molecular complexity index is 1130. The Labute approximate surface area is 193 Å². The van der Waals surface area contributed by atoms with Crippen LogP contribution in [0.2, 0.25) is 0 Å². The summed E-state index contributed by atoms with van der Waals surface area (Å²) in [6, 6.07) is 10.3. The second-order valence-corrected chi connectivity index (χ2v) is 8.93. The first-order chi connectivity index (χ1) is 16.1. The first-order valence-electron chi connectivity index (χ1n) is 11.6. The van der Waals surface area contributed by atoms with Crippen LogP contribution in [0.3, 0.4) is 0 Å². The molecule has 170 valence electrons. The van der Waals surface area contributed by atoms with Gasteiger partial charge in [-0.3, -0.25) is 9.78 Å². The van der Waals surface area contributed by atoms with Crippen molar-refractivity contribution >= 4 is 11.7 Å². The van der Waals surface area contributed by atoms with Gasteiger partial charge in [0, 0.05) is 55.7 Å². The average molecular weight is 446 g/mol. The molecule has 7 heteroatoms. The van der Waals surface area contributed by atoms with Crippen molar-refractivity contribution in [1.29, 1.82) is 0 Å². The van der Waals surface area contributed by atoms with Crippen molar-refractivity contribution in [3.8, 4) is 0 Å². The molecule has 0 spiro atoms. The number of aromatic nitrogens is 3. The van der Waals surface area contributed by atoms with E-state index in [0.29, 0.717) is 25.2 Å². The number of likely N-dealkylation sites (tertiary alicyclic amines) is 1. The molecule has 0 radical (unpaired) electrons. The molecule has 1 amide bonds. The summed E-state index contributed by atoms with van der Waals surface area (Å²) < 4.78 is 13.3.